The Labute approximate surface area is 160 Å². The second-order valence-electron chi connectivity index (χ2n) is 5.47. The van der Waals surface area contributed by atoms with E-state index < -0.39 is 5.91 Å². The molecule has 134 valence electrons. The Bertz CT molecular complexity index is 925. The Kier molecular flexibility index (Phi) is 5.81. The van der Waals surface area contributed by atoms with Crippen LogP contribution in [0.1, 0.15) is 23.8 Å². The molecule has 0 aliphatic rings. The summed E-state index contributed by atoms with van der Waals surface area (Å²) in [5, 5.41) is 3.61. The van der Waals surface area contributed by atoms with Crippen LogP contribution >= 0.6 is 23.2 Å². The number of nitrogens with one attached hydrogen (secondary N) is 1. The minimum Gasteiger partial charge on any atom is -0.491 e. The topological polar surface area (TPSA) is 64.4 Å². The maximum Gasteiger partial charge on any atom is 0.277 e. The number of hydrogen-bond donors (Lipinski definition) is 1. The van der Waals surface area contributed by atoms with E-state index in [0.717, 1.165) is 6.42 Å². The number of rotatable bonds is 6. The van der Waals surface area contributed by atoms with Gasteiger partial charge in [0.05, 0.1) is 22.3 Å². The number of aromatic nitrogens is 1. The van der Waals surface area contributed by atoms with Gasteiger partial charge in [-0.05, 0) is 36.8 Å². The van der Waals surface area contributed by atoms with Gasteiger partial charge in [-0.25, -0.2) is 4.98 Å². The van der Waals surface area contributed by atoms with Crippen molar-refractivity contribution in [1.29, 1.82) is 0 Å². The molecule has 26 heavy (non-hydrogen) atoms. The van der Waals surface area contributed by atoms with Crippen molar-refractivity contribution < 1.29 is 13.9 Å². The highest BCUT2D eigenvalue weighted by atomic mass is 35.5. The zero-order chi connectivity index (χ0) is 18.5. The highest BCUT2D eigenvalue weighted by molar-refractivity contribution is 6.42. The fourth-order valence-corrected chi connectivity index (χ4v) is 2.53. The van der Waals surface area contributed by atoms with Gasteiger partial charge in [0.1, 0.15) is 12.0 Å². The lowest BCUT2D eigenvalue weighted by molar-refractivity contribution is 0.102. The van der Waals surface area contributed by atoms with Crippen molar-refractivity contribution in [2.24, 2.45) is 0 Å². The molecule has 7 heteroatoms. The Morgan fingerprint density at radius 1 is 1.19 bits per heavy atom. The van der Waals surface area contributed by atoms with Gasteiger partial charge in [0, 0.05) is 5.56 Å². The highest BCUT2D eigenvalue weighted by Gasteiger charge is 2.16. The van der Waals surface area contributed by atoms with Crippen molar-refractivity contribution in [1.82, 2.24) is 4.98 Å². The summed E-state index contributed by atoms with van der Waals surface area (Å²) >= 11 is 11.9. The molecule has 1 heterocycles. The van der Waals surface area contributed by atoms with Crippen LogP contribution in [0.25, 0.3) is 11.5 Å². The van der Waals surface area contributed by atoms with Crippen molar-refractivity contribution in [3.8, 4) is 17.2 Å². The summed E-state index contributed by atoms with van der Waals surface area (Å²) in [5.74, 6) is 0.493. The lowest BCUT2D eigenvalue weighted by Gasteiger charge is -2.10. The first-order valence-electron chi connectivity index (χ1n) is 8.02. The lowest BCUT2D eigenvalue weighted by Crippen LogP contribution is -2.13. The van der Waals surface area contributed by atoms with Crippen LogP contribution in [-0.4, -0.2) is 17.5 Å². The van der Waals surface area contributed by atoms with Gasteiger partial charge in [0.25, 0.3) is 5.91 Å². The minimum absolute atomic E-state index is 0.149. The van der Waals surface area contributed by atoms with Crippen LogP contribution in [0.2, 0.25) is 10.0 Å². The standard InChI is InChI=1S/C19H16Cl2N2O3/c1-2-9-25-17-6-4-3-5-15(17)22-18(24)16-11-26-19(23-16)12-7-8-13(20)14(21)10-12/h3-8,10-11H,2,9H2,1H3,(H,22,24). The van der Waals surface area contributed by atoms with Gasteiger partial charge in [0.15, 0.2) is 5.69 Å². The molecule has 0 aliphatic heterocycles. The number of nitrogens with zero attached hydrogens (tertiary/aromatic N) is 1. The molecule has 0 saturated carbocycles. The molecule has 1 aromatic heterocycles. The summed E-state index contributed by atoms with van der Waals surface area (Å²) < 4.78 is 11.0. The smallest absolute Gasteiger partial charge is 0.277 e. The SMILES string of the molecule is CCCOc1ccccc1NC(=O)c1coc(-c2ccc(Cl)c(Cl)c2)n1. The molecule has 0 unspecified atom stereocenters. The van der Waals surface area contributed by atoms with Crippen LogP contribution in [-0.2, 0) is 0 Å². The van der Waals surface area contributed by atoms with Gasteiger partial charge >= 0.3 is 0 Å². The molecule has 0 saturated heterocycles. The molecule has 0 fully saturated rings. The van der Waals surface area contributed by atoms with Crippen molar-refractivity contribution in [2.45, 2.75) is 13.3 Å². The molecule has 0 spiro atoms. The Morgan fingerprint density at radius 3 is 2.77 bits per heavy atom. The highest BCUT2D eigenvalue weighted by Crippen LogP contribution is 2.29. The van der Waals surface area contributed by atoms with Gasteiger partial charge in [-0.15, -0.1) is 0 Å². The van der Waals surface area contributed by atoms with Crippen LogP contribution in [0.5, 0.6) is 5.75 Å². The molecule has 3 aromatic rings. The van der Waals surface area contributed by atoms with E-state index in [1.165, 1.54) is 6.26 Å². The number of hydrogen-bond acceptors (Lipinski definition) is 4. The average molecular weight is 391 g/mol. The predicted molar refractivity (Wildman–Crippen MR) is 102 cm³/mol. The van der Waals surface area contributed by atoms with Crippen LogP contribution in [0.3, 0.4) is 0 Å². The zero-order valence-electron chi connectivity index (χ0n) is 14.0. The van der Waals surface area contributed by atoms with E-state index in [4.69, 9.17) is 32.4 Å². The molecule has 0 bridgehead atoms. The number of amides is 1. The van der Waals surface area contributed by atoms with Gasteiger partial charge in [-0.2, -0.15) is 0 Å². The molecule has 0 radical (unpaired) electrons. The van der Waals surface area contributed by atoms with E-state index in [2.05, 4.69) is 10.3 Å². The number of carbonyl (C=O) groups excluding carboxylic acids is 1. The van der Waals surface area contributed by atoms with Crippen molar-refractivity contribution in [3.05, 3.63) is 64.5 Å². The molecule has 2 aromatic carbocycles. The number of ether oxygens (including phenoxy) is 1. The second-order valence-corrected chi connectivity index (χ2v) is 6.28. The third kappa shape index (κ3) is 4.18. The number of oxazole rings is 1. The summed E-state index contributed by atoms with van der Waals surface area (Å²) in [5.41, 5.74) is 1.35. The van der Waals surface area contributed by atoms with Crippen LogP contribution in [0.4, 0.5) is 5.69 Å². The first kappa shape index (κ1) is 18.3. The maximum atomic E-state index is 12.5. The van der Waals surface area contributed by atoms with E-state index in [-0.39, 0.29) is 11.6 Å². The Balaban J connectivity index is 1.77. The Morgan fingerprint density at radius 2 is 2.00 bits per heavy atom. The number of halogens is 2. The van der Waals surface area contributed by atoms with Crippen LogP contribution < -0.4 is 10.1 Å². The van der Waals surface area contributed by atoms with Crippen molar-refractivity contribution in [2.75, 3.05) is 11.9 Å². The van der Waals surface area contributed by atoms with Gasteiger partial charge in [-0.1, -0.05) is 42.3 Å². The first-order valence-corrected chi connectivity index (χ1v) is 8.78. The average Bonchev–Trinajstić information content (AvgIpc) is 3.13. The number of benzene rings is 2. The third-order valence-corrected chi connectivity index (χ3v) is 4.24. The molecule has 0 aliphatic carbocycles. The van der Waals surface area contributed by atoms with E-state index in [9.17, 15) is 4.79 Å². The summed E-state index contributed by atoms with van der Waals surface area (Å²) in [6, 6.07) is 12.2. The molecule has 1 amide bonds. The predicted octanol–water partition coefficient (Wildman–Crippen LogP) is 5.69. The zero-order valence-corrected chi connectivity index (χ0v) is 15.5. The molecular weight excluding hydrogens is 375 g/mol. The fraction of sp³-hybridized carbons (Fsp3) is 0.158. The van der Waals surface area contributed by atoms with E-state index in [1.54, 1.807) is 30.3 Å². The maximum absolute atomic E-state index is 12.5. The lowest BCUT2D eigenvalue weighted by atomic mass is 10.2. The third-order valence-electron chi connectivity index (χ3n) is 3.50. The van der Waals surface area contributed by atoms with Crippen molar-refractivity contribution >= 4 is 34.8 Å². The second kappa shape index (κ2) is 8.25. The number of carbonyl (C=O) groups is 1. The fourth-order valence-electron chi connectivity index (χ4n) is 2.23. The van der Waals surface area contributed by atoms with Gasteiger partial charge in [-0.3, -0.25) is 4.79 Å². The summed E-state index contributed by atoms with van der Waals surface area (Å²) in [7, 11) is 0. The van der Waals surface area contributed by atoms with E-state index in [1.807, 2.05) is 19.1 Å². The largest absolute Gasteiger partial charge is 0.491 e. The number of anilines is 1. The normalized spacial score (nSPS) is 10.6. The molecule has 0 atom stereocenters. The molecule has 5 nitrogen and oxygen atoms in total. The van der Waals surface area contributed by atoms with E-state index in [0.29, 0.717) is 33.7 Å². The van der Waals surface area contributed by atoms with Crippen LogP contribution in [0, 0.1) is 0 Å². The number of para-hydroxylation sites is 2. The van der Waals surface area contributed by atoms with Crippen molar-refractivity contribution in [3.63, 3.8) is 0 Å². The summed E-state index contributed by atoms with van der Waals surface area (Å²) in [6.45, 7) is 2.58. The summed E-state index contributed by atoms with van der Waals surface area (Å²) in [4.78, 5) is 16.7. The Hall–Kier alpha value is -2.50. The first-order chi connectivity index (χ1) is 12.6. The molecular formula is C19H16Cl2N2O3. The molecule has 3 rings (SSSR count). The van der Waals surface area contributed by atoms with E-state index >= 15 is 0 Å². The molecule has 1 N–H and O–H groups in total. The van der Waals surface area contributed by atoms with Gasteiger partial charge in [0.2, 0.25) is 5.89 Å². The van der Waals surface area contributed by atoms with Gasteiger partial charge < -0.3 is 14.5 Å². The minimum atomic E-state index is -0.396. The van der Waals surface area contributed by atoms with Crippen LogP contribution in [0.15, 0.2) is 53.1 Å². The summed E-state index contributed by atoms with van der Waals surface area (Å²) in [6.07, 6.45) is 2.17. The monoisotopic (exact) mass is 390 g/mol. The quantitative estimate of drug-likeness (QED) is 0.586.